The van der Waals surface area contributed by atoms with E-state index in [4.69, 9.17) is 10.2 Å². The van der Waals surface area contributed by atoms with Crippen LogP contribution in [0.25, 0.3) is 0 Å². The molecule has 0 aliphatic carbocycles. The molecule has 0 bridgehead atoms. The van der Waals surface area contributed by atoms with Gasteiger partial charge in [0, 0.05) is 13.1 Å². The predicted molar refractivity (Wildman–Crippen MR) is 56.2 cm³/mol. The van der Waals surface area contributed by atoms with Gasteiger partial charge in [0.2, 0.25) is 0 Å². The highest BCUT2D eigenvalue weighted by atomic mass is 16.4. The van der Waals surface area contributed by atoms with Gasteiger partial charge in [0.05, 0.1) is 18.9 Å². The molecular formula is C10H17NO5. The molecule has 0 heterocycles. The number of carbonyl (C=O) groups excluding carboxylic acids is 1. The largest absolute Gasteiger partial charge is 0.481 e. The zero-order valence-electron chi connectivity index (χ0n) is 9.47. The van der Waals surface area contributed by atoms with Gasteiger partial charge in [-0.2, -0.15) is 0 Å². The lowest BCUT2D eigenvalue weighted by Gasteiger charge is -2.25. The summed E-state index contributed by atoms with van der Waals surface area (Å²) in [7, 11) is 0. The number of hydrogen-bond donors (Lipinski definition) is 2. The van der Waals surface area contributed by atoms with E-state index in [2.05, 4.69) is 0 Å². The number of carboxylic acids is 2. The van der Waals surface area contributed by atoms with Crippen molar-refractivity contribution in [1.29, 1.82) is 0 Å². The maximum Gasteiger partial charge on any atom is 0.304 e. The Kier molecular flexibility index (Phi) is 6.32. The second-order valence-electron chi connectivity index (χ2n) is 3.61. The maximum atomic E-state index is 11.1. The summed E-state index contributed by atoms with van der Waals surface area (Å²) in [5.74, 6) is -2.03. The summed E-state index contributed by atoms with van der Waals surface area (Å²) < 4.78 is 0. The maximum absolute atomic E-state index is 11.1. The van der Waals surface area contributed by atoms with E-state index < -0.39 is 18.0 Å². The van der Waals surface area contributed by atoms with Crippen molar-refractivity contribution in [3.63, 3.8) is 0 Å². The molecule has 6 nitrogen and oxygen atoms in total. The predicted octanol–water partition coefficient (Wildman–Crippen LogP) is 0.215. The van der Waals surface area contributed by atoms with E-state index in [1.165, 1.54) is 6.92 Å². The Balaban J connectivity index is 4.31. The normalized spacial score (nSPS) is 12.4. The Morgan fingerprint density at radius 3 is 1.69 bits per heavy atom. The van der Waals surface area contributed by atoms with Crippen LogP contribution in [0.3, 0.4) is 0 Å². The fourth-order valence-corrected chi connectivity index (χ4v) is 1.23. The van der Waals surface area contributed by atoms with Crippen LogP contribution in [-0.2, 0) is 14.4 Å². The first kappa shape index (κ1) is 14.6. The molecule has 0 aliphatic heterocycles. The molecule has 1 atom stereocenters. The molecule has 0 radical (unpaired) electrons. The average molecular weight is 231 g/mol. The summed E-state index contributed by atoms with van der Waals surface area (Å²) in [5, 5.41) is 17.1. The topological polar surface area (TPSA) is 94.9 Å². The quantitative estimate of drug-likeness (QED) is 0.620. The molecule has 0 spiro atoms. The van der Waals surface area contributed by atoms with Crippen molar-refractivity contribution in [1.82, 2.24) is 4.90 Å². The molecule has 2 N–H and O–H groups in total. The lowest BCUT2D eigenvalue weighted by molar-refractivity contribution is -0.138. The summed E-state index contributed by atoms with van der Waals surface area (Å²) in [6.07, 6.45) is -0.200. The Labute approximate surface area is 93.9 Å². The molecule has 0 fully saturated rings. The minimum atomic E-state index is -0.962. The molecule has 0 amide bonds. The molecule has 0 aromatic heterocycles. The van der Waals surface area contributed by atoms with Crippen LogP contribution in [0.15, 0.2) is 0 Å². The summed E-state index contributed by atoms with van der Waals surface area (Å²) in [5.41, 5.74) is 0. The van der Waals surface area contributed by atoms with Gasteiger partial charge in [-0.25, -0.2) is 0 Å². The molecule has 0 saturated heterocycles. The molecule has 6 heteroatoms. The summed E-state index contributed by atoms with van der Waals surface area (Å²) in [4.78, 5) is 33.5. The monoisotopic (exact) mass is 231 g/mol. The average Bonchev–Trinajstić information content (AvgIpc) is 2.16. The second-order valence-corrected chi connectivity index (χ2v) is 3.61. The number of carbonyl (C=O) groups is 3. The highest BCUT2D eigenvalue weighted by molar-refractivity contribution is 5.81. The second kappa shape index (κ2) is 6.95. The van der Waals surface area contributed by atoms with Crippen molar-refractivity contribution in [3.05, 3.63) is 0 Å². The van der Waals surface area contributed by atoms with Crippen molar-refractivity contribution in [2.24, 2.45) is 0 Å². The van der Waals surface area contributed by atoms with E-state index in [1.807, 2.05) is 0 Å². The molecule has 0 rings (SSSR count). The lowest BCUT2D eigenvalue weighted by atomic mass is 10.2. The van der Waals surface area contributed by atoms with Crippen molar-refractivity contribution in [3.8, 4) is 0 Å². The fraction of sp³-hybridized carbons (Fsp3) is 0.700. The Morgan fingerprint density at radius 2 is 1.44 bits per heavy atom. The summed E-state index contributed by atoms with van der Waals surface area (Å²) in [6, 6.07) is -0.446. The van der Waals surface area contributed by atoms with E-state index in [1.54, 1.807) is 11.8 Å². The van der Waals surface area contributed by atoms with Crippen LogP contribution in [0.5, 0.6) is 0 Å². The minimum absolute atomic E-state index is 0.1000. The van der Waals surface area contributed by atoms with Gasteiger partial charge in [0.15, 0.2) is 0 Å². The van der Waals surface area contributed by atoms with E-state index in [0.717, 1.165) is 0 Å². The van der Waals surface area contributed by atoms with Crippen LogP contribution in [0.4, 0.5) is 0 Å². The number of rotatable bonds is 8. The summed E-state index contributed by atoms with van der Waals surface area (Å²) in [6.45, 7) is 3.41. The van der Waals surface area contributed by atoms with Crippen LogP contribution in [-0.4, -0.2) is 52.0 Å². The lowest BCUT2D eigenvalue weighted by Crippen LogP contribution is -2.40. The van der Waals surface area contributed by atoms with Crippen molar-refractivity contribution < 1.29 is 24.6 Å². The van der Waals surface area contributed by atoms with Gasteiger partial charge in [0.25, 0.3) is 0 Å². The van der Waals surface area contributed by atoms with E-state index >= 15 is 0 Å². The third-order valence-corrected chi connectivity index (χ3v) is 2.36. The number of nitrogens with zero attached hydrogens (tertiary/aromatic N) is 1. The van der Waals surface area contributed by atoms with Gasteiger partial charge >= 0.3 is 11.9 Å². The smallest absolute Gasteiger partial charge is 0.304 e. The van der Waals surface area contributed by atoms with Crippen molar-refractivity contribution >= 4 is 17.7 Å². The molecule has 16 heavy (non-hydrogen) atoms. The molecule has 1 unspecified atom stereocenters. The molecule has 0 aromatic carbocycles. The summed E-state index contributed by atoms with van der Waals surface area (Å²) >= 11 is 0. The van der Waals surface area contributed by atoms with Crippen LogP contribution < -0.4 is 0 Å². The van der Waals surface area contributed by atoms with Gasteiger partial charge in [-0.15, -0.1) is 0 Å². The molecule has 0 aliphatic rings. The van der Waals surface area contributed by atoms with E-state index in [0.29, 0.717) is 0 Å². The van der Waals surface area contributed by atoms with Gasteiger partial charge in [-0.05, 0) is 13.8 Å². The molecule has 92 valence electrons. The minimum Gasteiger partial charge on any atom is -0.481 e. The third kappa shape index (κ3) is 6.13. The van der Waals surface area contributed by atoms with Crippen LogP contribution in [0.2, 0.25) is 0 Å². The van der Waals surface area contributed by atoms with Crippen LogP contribution in [0.1, 0.15) is 26.7 Å². The molecule has 0 aromatic rings. The highest BCUT2D eigenvalue weighted by Gasteiger charge is 2.19. The Hall–Kier alpha value is -1.43. The molecule has 0 saturated carbocycles. The third-order valence-electron chi connectivity index (χ3n) is 2.36. The first-order chi connectivity index (χ1) is 7.34. The number of Topliss-reactive ketones (excluding diaryl/α,β-unsaturated/α-hetero) is 1. The van der Waals surface area contributed by atoms with Gasteiger partial charge in [0.1, 0.15) is 5.78 Å². The number of ketones is 1. The molecular weight excluding hydrogens is 214 g/mol. The van der Waals surface area contributed by atoms with E-state index in [9.17, 15) is 14.4 Å². The van der Waals surface area contributed by atoms with Crippen molar-refractivity contribution in [2.75, 3.05) is 13.1 Å². The SMILES string of the molecule is CC(=O)C(C)N(CCC(=O)O)CCC(=O)O. The zero-order chi connectivity index (χ0) is 12.7. The first-order valence-electron chi connectivity index (χ1n) is 5.02. The van der Waals surface area contributed by atoms with Crippen molar-refractivity contribution in [2.45, 2.75) is 32.7 Å². The van der Waals surface area contributed by atoms with Gasteiger partial charge in [-0.3, -0.25) is 19.3 Å². The van der Waals surface area contributed by atoms with Crippen LogP contribution >= 0.6 is 0 Å². The Morgan fingerprint density at radius 1 is 1.06 bits per heavy atom. The first-order valence-corrected chi connectivity index (χ1v) is 5.02. The fourth-order valence-electron chi connectivity index (χ4n) is 1.23. The standard InChI is InChI=1S/C10H17NO5/c1-7(8(2)12)11(5-3-9(13)14)6-4-10(15)16/h7H,3-6H2,1-2H3,(H,13,14)(H,15,16). The number of aliphatic carboxylic acids is 2. The van der Waals surface area contributed by atoms with Crippen LogP contribution in [0, 0.1) is 0 Å². The van der Waals surface area contributed by atoms with E-state index in [-0.39, 0.29) is 31.7 Å². The van der Waals surface area contributed by atoms with Gasteiger partial charge < -0.3 is 10.2 Å². The number of hydrogen-bond acceptors (Lipinski definition) is 4. The van der Waals surface area contributed by atoms with Gasteiger partial charge in [-0.1, -0.05) is 0 Å². The Bertz CT molecular complexity index is 258. The zero-order valence-corrected chi connectivity index (χ0v) is 9.47. The number of carboxylic acid groups (broad SMARTS) is 2. The highest BCUT2D eigenvalue weighted by Crippen LogP contribution is 2.03.